The Balaban J connectivity index is 1.89. The predicted molar refractivity (Wildman–Crippen MR) is 77.6 cm³/mol. The molecule has 14 heavy (non-hydrogen) atoms. The normalized spacial score (nSPS) is 39.3. The molecule has 2 heterocycles. The van der Waals surface area contributed by atoms with E-state index in [0.717, 1.165) is 0 Å². The molecule has 0 bridgehead atoms. The highest BCUT2D eigenvalue weighted by Crippen LogP contribution is 2.56. The summed E-state index contributed by atoms with van der Waals surface area (Å²) in [7, 11) is 20.8. The molecule has 0 nitrogen and oxygen atoms in total. The Labute approximate surface area is 100 Å². The molecule has 2 atom stereocenters. The second-order valence-electron chi connectivity index (χ2n) is 3.93. The SMILES string of the molecule is CC12[B][B][B][B][B][B][B][B][B]C1(S)[B]2. The van der Waals surface area contributed by atoms with Crippen LogP contribution in [0.2, 0.25) is 5.21 Å². The van der Waals surface area contributed by atoms with Crippen molar-refractivity contribution in [2.75, 3.05) is 0 Å². The maximum Gasteiger partial charge on any atom is 0.115 e. The topological polar surface area (TPSA) is 0 Å². The van der Waals surface area contributed by atoms with Crippen molar-refractivity contribution >= 4 is 83.7 Å². The highest BCUT2D eigenvalue weighted by molar-refractivity contribution is 7.89. The Bertz CT molecular complexity index is 192. The molecule has 2 saturated heterocycles. The molecule has 2 unspecified atom stereocenters. The quantitative estimate of drug-likeness (QED) is 0.300. The van der Waals surface area contributed by atoms with Crippen LogP contribution < -0.4 is 0 Å². The summed E-state index contributed by atoms with van der Waals surface area (Å²) in [6.45, 7) is 2.19. The van der Waals surface area contributed by atoms with Gasteiger partial charge in [0.05, 0.1) is 14.3 Å². The zero-order valence-corrected chi connectivity index (χ0v) is 9.12. The molecule has 2 aliphatic rings. The molecular weight excluding hydrogens is 176 g/mol. The molecule has 2 fully saturated rings. The number of hydrogen-bond donors (Lipinski definition) is 1. The lowest BCUT2D eigenvalue weighted by atomic mass is 8.89. The average Bonchev–Trinajstić information content (AvgIpc) is 2.66. The van der Waals surface area contributed by atoms with Crippen LogP contribution in [-0.2, 0) is 0 Å². The smallest absolute Gasteiger partial charge is 0.115 e. The largest absolute Gasteiger partial charge is 0.192 e. The fourth-order valence-corrected chi connectivity index (χ4v) is 2.04. The van der Waals surface area contributed by atoms with Gasteiger partial charge in [0.1, 0.15) is 7.28 Å². The number of rotatable bonds is 0. The lowest BCUT2D eigenvalue weighted by Crippen LogP contribution is -2.32. The molecule has 0 amide bonds. The third-order valence-electron chi connectivity index (χ3n) is 2.76. The second kappa shape index (κ2) is 4.47. The monoisotopic (exact) mass is 182 g/mol. The van der Waals surface area contributed by atoms with Gasteiger partial charge in [-0.3, -0.25) is 0 Å². The molecule has 0 aromatic carbocycles. The predicted octanol–water partition coefficient (Wildman–Crippen LogP) is -2.90. The molecular formula is C3H4B10S. The molecule has 52 valence electrons. The zero-order valence-electron chi connectivity index (χ0n) is 8.22. The molecule has 0 aromatic rings. The minimum Gasteiger partial charge on any atom is -0.192 e. The maximum absolute atomic E-state index is 4.65. The first-order chi connectivity index (χ1) is 6.66. The number of hydrogen-bond acceptors (Lipinski definition) is 1. The highest BCUT2D eigenvalue weighted by atomic mass is 32.1. The Morgan fingerprint density at radius 1 is 0.786 bits per heavy atom. The molecule has 11 heteroatoms. The van der Waals surface area contributed by atoms with E-state index in [-0.39, 0.29) is 9.76 Å². The summed E-state index contributed by atoms with van der Waals surface area (Å²) in [6.07, 6.45) is 0. The first-order valence-corrected chi connectivity index (χ1v) is 5.24. The van der Waals surface area contributed by atoms with Gasteiger partial charge in [0.25, 0.3) is 0 Å². The second-order valence-corrected chi connectivity index (χ2v) is 4.67. The van der Waals surface area contributed by atoms with Gasteiger partial charge in [0.15, 0.2) is 0 Å². The van der Waals surface area contributed by atoms with Crippen LogP contribution in [0.5, 0.6) is 0 Å². The van der Waals surface area contributed by atoms with E-state index in [2.05, 4.69) is 55.3 Å². The van der Waals surface area contributed by atoms with Gasteiger partial charge in [-0.15, -0.1) is 0 Å². The Morgan fingerprint density at radius 3 is 1.93 bits per heavy atom. The number of fused-ring (bicyclic) bond motifs is 1. The molecule has 0 N–H and O–H groups in total. The molecule has 0 saturated carbocycles. The third-order valence-corrected chi connectivity index (χ3v) is 3.52. The Morgan fingerprint density at radius 2 is 1.29 bits per heavy atom. The van der Waals surface area contributed by atoms with Gasteiger partial charge in [0.2, 0.25) is 0 Å². The van der Waals surface area contributed by atoms with E-state index in [0.29, 0.717) is 0 Å². The van der Waals surface area contributed by atoms with E-state index in [1.165, 1.54) is 0 Å². The van der Waals surface area contributed by atoms with Crippen LogP contribution in [0, 0.1) is 0 Å². The van der Waals surface area contributed by atoms with E-state index in [1.54, 1.807) is 0 Å². The van der Waals surface area contributed by atoms with Crippen molar-refractivity contribution in [3.63, 3.8) is 0 Å². The average molecular weight is 180 g/mol. The van der Waals surface area contributed by atoms with E-state index < -0.39 is 0 Å². The summed E-state index contributed by atoms with van der Waals surface area (Å²) in [5, 5.41) is 0.106. The zero-order chi connectivity index (χ0) is 10.1. The van der Waals surface area contributed by atoms with Crippen LogP contribution in [0.15, 0.2) is 0 Å². The molecule has 2 rings (SSSR count). The lowest BCUT2D eigenvalue weighted by molar-refractivity contribution is 1.03. The summed E-state index contributed by atoms with van der Waals surface area (Å²) in [6, 6.07) is 0. The molecule has 2 aliphatic heterocycles. The van der Waals surface area contributed by atoms with Crippen LogP contribution >= 0.6 is 12.6 Å². The van der Waals surface area contributed by atoms with Crippen molar-refractivity contribution in [1.29, 1.82) is 0 Å². The van der Waals surface area contributed by atoms with Crippen LogP contribution in [0.3, 0.4) is 0 Å². The van der Waals surface area contributed by atoms with Gasteiger partial charge in [-0.25, -0.2) is 0 Å². The molecule has 0 aliphatic carbocycles. The van der Waals surface area contributed by atoms with Gasteiger partial charge < -0.3 is 0 Å². The third kappa shape index (κ3) is 2.39. The van der Waals surface area contributed by atoms with Crippen molar-refractivity contribution in [3.8, 4) is 0 Å². The lowest BCUT2D eigenvalue weighted by Gasteiger charge is -2.18. The van der Waals surface area contributed by atoms with Crippen molar-refractivity contribution < 1.29 is 0 Å². The van der Waals surface area contributed by atoms with Crippen LogP contribution in [-0.4, -0.2) is 75.6 Å². The van der Waals surface area contributed by atoms with E-state index in [4.69, 9.17) is 0 Å². The highest BCUT2D eigenvalue weighted by Gasteiger charge is 2.59. The summed E-state index contributed by atoms with van der Waals surface area (Å²) >= 11 is 4.65. The van der Waals surface area contributed by atoms with E-state index >= 15 is 0 Å². The van der Waals surface area contributed by atoms with Gasteiger partial charge in [-0.2, -0.15) is 12.6 Å². The maximum atomic E-state index is 4.65. The van der Waals surface area contributed by atoms with Gasteiger partial charge in [0, 0.05) is 49.4 Å². The van der Waals surface area contributed by atoms with Crippen LogP contribution in [0.25, 0.3) is 0 Å². The fraction of sp³-hybridized carbons (Fsp3) is 1.00. The molecule has 10 radical (unpaired) electrons. The minimum absolute atomic E-state index is 0.0635. The van der Waals surface area contributed by atoms with E-state index in [9.17, 15) is 0 Å². The van der Waals surface area contributed by atoms with Gasteiger partial charge >= 0.3 is 0 Å². The standard InChI is InChI=1S/C3H4B10S/c1-2-3(14,4-2)6-8-10-12-13-11-9-7-5-2/h14H,1H3. The van der Waals surface area contributed by atoms with Crippen molar-refractivity contribution in [2.45, 2.75) is 16.7 Å². The summed E-state index contributed by atoms with van der Waals surface area (Å²) in [5.41, 5.74) is 0. The Hall–Kier alpha value is 0.999. The molecule has 0 aromatic heterocycles. The van der Waals surface area contributed by atoms with Crippen molar-refractivity contribution in [2.24, 2.45) is 0 Å². The number of thiol groups is 1. The van der Waals surface area contributed by atoms with Crippen molar-refractivity contribution in [1.82, 2.24) is 0 Å². The van der Waals surface area contributed by atoms with Crippen LogP contribution in [0.4, 0.5) is 0 Å². The van der Waals surface area contributed by atoms with E-state index in [1.807, 2.05) is 35.3 Å². The molecule has 0 spiro atoms. The van der Waals surface area contributed by atoms with Crippen molar-refractivity contribution in [3.05, 3.63) is 0 Å². The first kappa shape index (κ1) is 11.5. The fourth-order valence-electron chi connectivity index (χ4n) is 1.61. The minimum atomic E-state index is -0.0635. The summed E-state index contributed by atoms with van der Waals surface area (Å²) in [5.74, 6) is 0. The summed E-state index contributed by atoms with van der Waals surface area (Å²) < 4.78 is -0.0635. The van der Waals surface area contributed by atoms with Gasteiger partial charge in [-0.1, -0.05) is 16.7 Å². The first-order valence-electron chi connectivity index (χ1n) is 4.79. The summed E-state index contributed by atoms with van der Waals surface area (Å²) in [4.78, 5) is 0. The Kier molecular flexibility index (Phi) is 3.67. The van der Waals surface area contributed by atoms with Gasteiger partial charge in [-0.05, 0) is 0 Å². The van der Waals surface area contributed by atoms with Crippen LogP contribution in [0.1, 0.15) is 6.92 Å².